The van der Waals surface area contributed by atoms with Crippen LogP contribution in [0.25, 0.3) is 0 Å². The Labute approximate surface area is 170 Å². The van der Waals surface area contributed by atoms with Gasteiger partial charge < -0.3 is 18.9 Å². The predicted molar refractivity (Wildman–Crippen MR) is 108 cm³/mol. The molecule has 5 heteroatoms. The average molecular weight is 395 g/mol. The summed E-state index contributed by atoms with van der Waals surface area (Å²) in [6, 6.07) is 0. The molecule has 2 fully saturated rings. The van der Waals surface area contributed by atoms with Gasteiger partial charge in [-0.25, -0.2) is 0 Å². The van der Waals surface area contributed by atoms with E-state index in [1.165, 1.54) is 11.1 Å². The molecule has 0 aromatic carbocycles. The zero-order chi connectivity index (χ0) is 20.6. The Kier molecular flexibility index (Phi) is 6.41. The lowest BCUT2D eigenvalue weighted by Gasteiger charge is -2.49. The Morgan fingerprint density at radius 1 is 1.07 bits per heavy atom. The highest BCUT2D eigenvalue weighted by Crippen LogP contribution is 2.55. The first-order valence-corrected chi connectivity index (χ1v) is 10.8. The van der Waals surface area contributed by atoms with Gasteiger partial charge in [-0.15, -0.1) is 0 Å². The Bertz CT molecular complexity index is 612. The van der Waals surface area contributed by atoms with Gasteiger partial charge in [0.25, 0.3) is 0 Å². The first-order chi connectivity index (χ1) is 13.2. The maximum atomic E-state index is 12.8. The third-order valence-corrected chi connectivity index (χ3v) is 7.76. The third-order valence-electron chi connectivity index (χ3n) is 7.76. The van der Waals surface area contributed by atoms with E-state index in [0.29, 0.717) is 19.6 Å². The van der Waals surface area contributed by atoms with Crippen LogP contribution in [0.2, 0.25) is 0 Å². The van der Waals surface area contributed by atoms with E-state index in [1.807, 2.05) is 0 Å². The maximum Gasteiger partial charge on any atom is 0.177 e. The van der Waals surface area contributed by atoms with Crippen molar-refractivity contribution in [3.8, 4) is 0 Å². The van der Waals surface area contributed by atoms with Crippen molar-refractivity contribution in [1.29, 1.82) is 0 Å². The number of allylic oxidation sites excluding steroid dienone is 1. The van der Waals surface area contributed by atoms with Crippen molar-refractivity contribution in [3.05, 3.63) is 11.1 Å². The number of carbonyl (C=O) groups excluding carboxylic acids is 1. The van der Waals surface area contributed by atoms with Crippen molar-refractivity contribution in [2.24, 2.45) is 16.7 Å². The van der Waals surface area contributed by atoms with E-state index in [0.717, 1.165) is 38.5 Å². The van der Waals surface area contributed by atoms with Crippen LogP contribution in [0.4, 0.5) is 0 Å². The summed E-state index contributed by atoms with van der Waals surface area (Å²) >= 11 is 0. The van der Waals surface area contributed by atoms with Crippen LogP contribution in [0.15, 0.2) is 11.1 Å². The first kappa shape index (κ1) is 21.9. The maximum absolute atomic E-state index is 12.8. The van der Waals surface area contributed by atoms with Gasteiger partial charge in [0, 0.05) is 32.5 Å². The molecule has 28 heavy (non-hydrogen) atoms. The Morgan fingerprint density at radius 2 is 1.71 bits per heavy atom. The molecule has 1 saturated heterocycles. The lowest BCUT2D eigenvalue weighted by Crippen LogP contribution is -2.50. The van der Waals surface area contributed by atoms with E-state index < -0.39 is 12.1 Å². The molecule has 1 heterocycles. The van der Waals surface area contributed by atoms with Crippen molar-refractivity contribution in [3.63, 3.8) is 0 Å². The molecule has 2 aliphatic carbocycles. The van der Waals surface area contributed by atoms with Crippen LogP contribution in [0.5, 0.6) is 0 Å². The molecule has 5 nitrogen and oxygen atoms in total. The number of ether oxygens (including phenoxy) is 4. The van der Waals surface area contributed by atoms with Gasteiger partial charge in [0.1, 0.15) is 5.78 Å². The molecule has 0 aromatic heterocycles. The minimum Gasteiger partial charge on any atom is -0.355 e. The van der Waals surface area contributed by atoms with E-state index in [1.54, 1.807) is 14.2 Å². The number of carbonyl (C=O) groups is 1. The number of hydrogen-bond acceptors (Lipinski definition) is 5. The summed E-state index contributed by atoms with van der Waals surface area (Å²) in [5.74, 6) is -0.432. The topological polar surface area (TPSA) is 54.0 Å². The highest BCUT2D eigenvalue weighted by molar-refractivity contribution is 5.83. The van der Waals surface area contributed by atoms with Gasteiger partial charge in [0.05, 0.1) is 19.1 Å². The molecular weight excluding hydrogens is 356 g/mol. The van der Waals surface area contributed by atoms with Crippen LogP contribution < -0.4 is 0 Å². The third kappa shape index (κ3) is 3.60. The normalized spacial score (nSPS) is 32.5. The fourth-order valence-corrected chi connectivity index (χ4v) is 5.97. The molecule has 0 amide bonds. The largest absolute Gasteiger partial charge is 0.355 e. The van der Waals surface area contributed by atoms with Crippen molar-refractivity contribution < 1.29 is 23.7 Å². The summed E-state index contributed by atoms with van der Waals surface area (Å²) in [6.45, 7) is 10.4. The van der Waals surface area contributed by atoms with Crippen LogP contribution in [-0.2, 0) is 23.7 Å². The lowest BCUT2D eigenvalue weighted by molar-refractivity contribution is -0.225. The molecule has 160 valence electrons. The molecule has 2 unspecified atom stereocenters. The van der Waals surface area contributed by atoms with Gasteiger partial charge in [0.15, 0.2) is 12.1 Å². The van der Waals surface area contributed by atoms with Gasteiger partial charge in [0.2, 0.25) is 0 Å². The molecule has 2 atom stereocenters. The van der Waals surface area contributed by atoms with Crippen molar-refractivity contribution in [2.45, 2.75) is 84.7 Å². The number of hydrogen-bond donors (Lipinski definition) is 0. The molecule has 3 rings (SSSR count). The van der Waals surface area contributed by atoms with Gasteiger partial charge in [-0.3, -0.25) is 4.79 Å². The fourth-order valence-electron chi connectivity index (χ4n) is 5.97. The summed E-state index contributed by atoms with van der Waals surface area (Å²) in [6.07, 6.45) is 5.95. The lowest BCUT2D eigenvalue weighted by atomic mass is 9.61. The zero-order valence-electron chi connectivity index (χ0n) is 18.6. The zero-order valence-corrected chi connectivity index (χ0v) is 18.6. The van der Waals surface area contributed by atoms with Crippen LogP contribution >= 0.6 is 0 Å². The number of rotatable bonds is 6. The summed E-state index contributed by atoms with van der Waals surface area (Å²) in [5.41, 5.74) is 2.59. The van der Waals surface area contributed by atoms with Crippen LogP contribution in [0.1, 0.15) is 72.6 Å². The quantitative estimate of drug-likeness (QED) is 0.485. The van der Waals surface area contributed by atoms with Crippen LogP contribution in [0, 0.1) is 16.7 Å². The molecule has 3 aliphatic rings. The Morgan fingerprint density at radius 3 is 2.32 bits per heavy atom. The van der Waals surface area contributed by atoms with Crippen LogP contribution in [-0.4, -0.2) is 45.3 Å². The summed E-state index contributed by atoms with van der Waals surface area (Å²) < 4.78 is 23.4. The van der Waals surface area contributed by atoms with E-state index >= 15 is 0 Å². The first-order valence-electron chi connectivity index (χ1n) is 10.8. The van der Waals surface area contributed by atoms with E-state index in [2.05, 4.69) is 27.7 Å². The number of ketones is 1. The minimum absolute atomic E-state index is 0.128. The SMILES string of the molecule is COC(OC)C1C(=O)CCCC1(C)CCC1=C(C)CCC2(OCCO2)C1(C)C. The predicted octanol–water partition coefficient (Wildman–Crippen LogP) is 4.64. The van der Waals surface area contributed by atoms with Crippen LogP contribution in [0.3, 0.4) is 0 Å². The van der Waals surface area contributed by atoms with E-state index in [4.69, 9.17) is 18.9 Å². The van der Waals surface area contributed by atoms with Gasteiger partial charge in [-0.1, -0.05) is 31.9 Å². The van der Waals surface area contributed by atoms with Gasteiger partial charge in [-0.2, -0.15) is 0 Å². The van der Waals surface area contributed by atoms with Gasteiger partial charge >= 0.3 is 0 Å². The number of methoxy groups -OCH3 is 2. The van der Waals surface area contributed by atoms with E-state index in [-0.39, 0.29) is 22.5 Å². The number of Topliss-reactive ketones (excluding diaryl/α,β-unsaturated/α-hetero) is 1. The molecule has 0 N–H and O–H groups in total. The Balaban J connectivity index is 1.83. The van der Waals surface area contributed by atoms with Gasteiger partial charge in [-0.05, 0) is 44.4 Å². The van der Waals surface area contributed by atoms with Crippen molar-refractivity contribution in [2.75, 3.05) is 27.4 Å². The molecule has 1 spiro atoms. The molecule has 0 radical (unpaired) electrons. The summed E-state index contributed by atoms with van der Waals surface area (Å²) in [7, 11) is 3.26. The fraction of sp³-hybridized carbons (Fsp3) is 0.870. The molecular formula is C23H38O5. The molecule has 1 aliphatic heterocycles. The monoisotopic (exact) mass is 394 g/mol. The summed E-state index contributed by atoms with van der Waals surface area (Å²) in [4.78, 5) is 12.8. The minimum atomic E-state index is -0.494. The average Bonchev–Trinajstić information content (AvgIpc) is 3.13. The van der Waals surface area contributed by atoms with Crippen molar-refractivity contribution in [1.82, 2.24) is 0 Å². The highest BCUT2D eigenvalue weighted by Gasteiger charge is 2.54. The Hall–Kier alpha value is -0.750. The second-order valence-corrected chi connectivity index (χ2v) is 9.63. The second kappa shape index (κ2) is 8.17. The molecule has 0 aromatic rings. The second-order valence-electron chi connectivity index (χ2n) is 9.63. The molecule has 0 bridgehead atoms. The summed E-state index contributed by atoms with van der Waals surface area (Å²) in [5, 5.41) is 0. The molecule has 1 saturated carbocycles. The van der Waals surface area contributed by atoms with Crippen molar-refractivity contribution >= 4 is 5.78 Å². The highest BCUT2D eigenvalue weighted by atomic mass is 16.7. The smallest absolute Gasteiger partial charge is 0.177 e. The standard InChI is InChI=1S/C23H38O5/c1-16-9-13-23(27-14-15-28-23)21(2,3)17(16)10-12-22(4)11-7-8-18(24)19(22)20(25-5)26-6/h19-20H,7-15H2,1-6H3. The van der Waals surface area contributed by atoms with E-state index in [9.17, 15) is 4.79 Å².